The zero-order chi connectivity index (χ0) is 13.2. The van der Waals surface area contributed by atoms with Gasteiger partial charge in [-0.15, -0.1) is 0 Å². The van der Waals surface area contributed by atoms with Crippen LogP contribution in [0.2, 0.25) is 0 Å². The Morgan fingerprint density at radius 2 is 1.95 bits per heavy atom. The Hall–Kier alpha value is -2.09. The summed E-state index contributed by atoms with van der Waals surface area (Å²) < 4.78 is 5.19. The molecule has 0 aliphatic heterocycles. The number of hydrogen-bond donors (Lipinski definition) is 0. The van der Waals surface area contributed by atoms with Crippen LogP contribution < -0.4 is 4.74 Å². The maximum atomic E-state index is 12.4. The molecule has 0 radical (unpaired) electrons. The van der Waals surface area contributed by atoms with E-state index in [-0.39, 0.29) is 11.7 Å². The van der Waals surface area contributed by atoms with Gasteiger partial charge in [-0.05, 0) is 36.1 Å². The van der Waals surface area contributed by atoms with Crippen LogP contribution in [0.4, 0.5) is 0 Å². The fourth-order valence-corrected chi connectivity index (χ4v) is 2.73. The lowest BCUT2D eigenvalue weighted by Gasteiger charge is -2.07. The van der Waals surface area contributed by atoms with E-state index in [2.05, 4.69) is 12.1 Å². The largest absolute Gasteiger partial charge is 0.497 e. The molecule has 0 amide bonds. The molecule has 0 fully saturated rings. The second-order valence-electron chi connectivity index (χ2n) is 4.98. The standard InChI is InChI=1S/C17H16O2/c1-19-15-8-7-13-10-14(17(18)16(13)11-15)9-12-5-3-2-4-6-12/h2-8,11,14H,9-10H2,1H3/t14-/m0/s1. The van der Waals surface area contributed by atoms with E-state index < -0.39 is 0 Å². The number of ether oxygens (including phenoxy) is 1. The molecule has 1 aliphatic carbocycles. The molecule has 0 saturated carbocycles. The molecular formula is C17H16O2. The van der Waals surface area contributed by atoms with Crippen molar-refractivity contribution >= 4 is 5.78 Å². The Kier molecular flexibility index (Phi) is 3.08. The van der Waals surface area contributed by atoms with Gasteiger partial charge in [0.15, 0.2) is 5.78 Å². The molecule has 1 aliphatic rings. The number of fused-ring (bicyclic) bond motifs is 1. The molecule has 0 unspecified atom stereocenters. The van der Waals surface area contributed by atoms with Gasteiger partial charge in [-0.25, -0.2) is 0 Å². The molecule has 2 nitrogen and oxygen atoms in total. The van der Waals surface area contributed by atoms with Crippen LogP contribution >= 0.6 is 0 Å². The smallest absolute Gasteiger partial charge is 0.167 e. The van der Waals surface area contributed by atoms with Gasteiger partial charge in [0.05, 0.1) is 7.11 Å². The minimum atomic E-state index is 0.0736. The van der Waals surface area contributed by atoms with E-state index in [0.717, 1.165) is 29.7 Å². The highest BCUT2D eigenvalue weighted by Crippen LogP contribution is 2.31. The minimum Gasteiger partial charge on any atom is -0.497 e. The maximum absolute atomic E-state index is 12.4. The van der Waals surface area contributed by atoms with Crippen molar-refractivity contribution in [1.82, 2.24) is 0 Å². The topological polar surface area (TPSA) is 26.3 Å². The van der Waals surface area contributed by atoms with Crippen LogP contribution in [0, 0.1) is 5.92 Å². The van der Waals surface area contributed by atoms with Crippen molar-refractivity contribution < 1.29 is 9.53 Å². The van der Waals surface area contributed by atoms with Crippen LogP contribution in [0.5, 0.6) is 5.75 Å². The van der Waals surface area contributed by atoms with Gasteiger partial charge in [-0.1, -0.05) is 36.4 Å². The van der Waals surface area contributed by atoms with Crippen molar-refractivity contribution in [2.75, 3.05) is 7.11 Å². The SMILES string of the molecule is COc1ccc2c(c1)C(=O)[C@@H](Cc1ccccc1)C2. The lowest BCUT2D eigenvalue weighted by atomic mass is 9.96. The van der Waals surface area contributed by atoms with Crippen LogP contribution in [0.1, 0.15) is 21.5 Å². The molecule has 2 aromatic rings. The van der Waals surface area contributed by atoms with E-state index >= 15 is 0 Å². The first-order valence-electron chi connectivity index (χ1n) is 6.53. The Morgan fingerprint density at radius 3 is 2.68 bits per heavy atom. The minimum absolute atomic E-state index is 0.0736. The normalized spacial score (nSPS) is 17.3. The summed E-state index contributed by atoms with van der Waals surface area (Å²) in [7, 11) is 1.63. The van der Waals surface area contributed by atoms with E-state index in [9.17, 15) is 4.79 Å². The van der Waals surface area contributed by atoms with Gasteiger partial charge in [-0.2, -0.15) is 0 Å². The summed E-state index contributed by atoms with van der Waals surface area (Å²) in [5.74, 6) is 1.08. The molecule has 0 bridgehead atoms. The van der Waals surface area contributed by atoms with Crippen molar-refractivity contribution in [3.8, 4) is 5.75 Å². The second kappa shape index (κ2) is 4.88. The number of methoxy groups -OCH3 is 1. The van der Waals surface area contributed by atoms with Crippen molar-refractivity contribution in [3.05, 3.63) is 65.2 Å². The molecule has 0 spiro atoms. The van der Waals surface area contributed by atoms with Crippen LogP contribution in [-0.2, 0) is 12.8 Å². The first-order chi connectivity index (χ1) is 9.28. The molecule has 2 aromatic carbocycles. The van der Waals surface area contributed by atoms with Gasteiger partial charge < -0.3 is 4.74 Å². The summed E-state index contributed by atoms with van der Waals surface area (Å²) in [5.41, 5.74) is 3.20. The number of ketones is 1. The van der Waals surface area contributed by atoms with Crippen molar-refractivity contribution in [2.45, 2.75) is 12.8 Å². The van der Waals surface area contributed by atoms with Crippen molar-refractivity contribution in [3.63, 3.8) is 0 Å². The molecule has 0 aromatic heterocycles. The van der Waals surface area contributed by atoms with Gasteiger partial charge >= 0.3 is 0 Å². The lowest BCUT2D eigenvalue weighted by molar-refractivity contribution is 0.0936. The summed E-state index contributed by atoms with van der Waals surface area (Å²) in [6, 6.07) is 16.0. The number of hydrogen-bond acceptors (Lipinski definition) is 2. The highest BCUT2D eigenvalue weighted by Gasteiger charge is 2.30. The summed E-state index contributed by atoms with van der Waals surface area (Å²) in [6.07, 6.45) is 1.66. The van der Waals surface area contributed by atoms with E-state index in [1.54, 1.807) is 7.11 Å². The first-order valence-corrected chi connectivity index (χ1v) is 6.53. The number of rotatable bonds is 3. The van der Waals surface area contributed by atoms with E-state index in [4.69, 9.17) is 4.74 Å². The summed E-state index contributed by atoms with van der Waals surface area (Å²) in [4.78, 5) is 12.4. The molecule has 0 saturated heterocycles. The van der Waals surface area contributed by atoms with Crippen molar-refractivity contribution in [1.29, 1.82) is 0 Å². The number of benzene rings is 2. The quantitative estimate of drug-likeness (QED) is 0.837. The number of carbonyl (C=O) groups is 1. The average Bonchev–Trinajstić information content (AvgIpc) is 2.76. The molecule has 96 valence electrons. The summed E-state index contributed by atoms with van der Waals surface area (Å²) >= 11 is 0. The third-order valence-electron chi connectivity index (χ3n) is 3.74. The zero-order valence-electron chi connectivity index (χ0n) is 10.9. The molecule has 0 N–H and O–H groups in total. The predicted octanol–water partition coefficient (Wildman–Crippen LogP) is 3.29. The van der Waals surface area contributed by atoms with Gasteiger partial charge in [-0.3, -0.25) is 4.79 Å². The Labute approximate surface area is 113 Å². The summed E-state index contributed by atoms with van der Waals surface area (Å²) in [6.45, 7) is 0. The molecule has 1 atom stereocenters. The molecule has 3 rings (SSSR count). The highest BCUT2D eigenvalue weighted by molar-refractivity contribution is 6.02. The monoisotopic (exact) mass is 252 g/mol. The third-order valence-corrected chi connectivity index (χ3v) is 3.74. The van der Waals surface area contributed by atoms with Crippen LogP contribution in [-0.4, -0.2) is 12.9 Å². The Bertz CT molecular complexity index is 602. The molecule has 2 heteroatoms. The average molecular weight is 252 g/mol. The lowest BCUT2D eigenvalue weighted by Crippen LogP contribution is -2.12. The van der Waals surface area contributed by atoms with Crippen LogP contribution in [0.25, 0.3) is 0 Å². The highest BCUT2D eigenvalue weighted by atomic mass is 16.5. The fraction of sp³-hybridized carbons (Fsp3) is 0.235. The van der Waals surface area contributed by atoms with Crippen LogP contribution in [0.3, 0.4) is 0 Å². The van der Waals surface area contributed by atoms with Gasteiger partial charge in [0.2, 0.25) is 0 Å². The Morgan fingerprint density at radius 1 is 1.16 bits per heavy atom. The van der Waals surface area contributed by atoms with Gasteiger partial charge in [0, 0.05) is 11.5 Å². The van der Waals surface area contributed by atoms with E-state index in [1.165, 1.54) is 5.56 Å². The maximum Gasteiger partial charge on any atom is 0.167 e. The first kappa shape index (κ1) is 12.0. The van der Waals surface area contributed by atoms with E-state index in [1.807, 2.05) is 36.4 Å². The molecule has 19 heavy (non-hydrogen) atoms. The zero-order valence-corrected chi connectivity index (χ0v) is 10.9. The number of Topliss-reactive ketones (excluding diaryl/α,β-unsaturated/α-hetero) is 1. The predicted molar refractivity (Wildman–Crippen MR) is 74.7 cm³/mol. The Balaban J connectivity index is 1.83. The molecule has 0 heterocycles. The molecular weight excluding hydrogens is 236 g/mol. The fourth-order valence-electron chi connectivity index (χ4n) is 2.73. The van der Waals surface area contributed by atoms with Gasteiger partial charge in [0.1, 0.15) is 5.75 Å². The van der Waals surface area contributed by atoms with Crippen molar-refractivity contribution in [2.24, 2.45) is 5.92 Å². The number of carbonyl (C=O) groups excluding carboxylic acids is 1. The van der Waals surface area contributed by atoms with Crippen LogP contribution in [0.15, 0.2) is 48.5 Å². The third kappa shape index (κ3) is 2.26. The van der Waals surface area contributed by atoms with Gasteiger partial charge in [0.25, 0.3) is 0 Å². The summed E-state index contributed by atoms with van der Waals surface area (Å²) in [5, 5.41) is 0. The second-order valence-corrected chi connectivity index (χ2v) is 4.98. The van der Waals surface area contributed by atoms with E-state index in [0.29, 0.717) is 0 Å².